The maximum absolute atomic E-state index is 13.9. The Balaban J connectivity index is 0.00000161. The number of nitrogens with one attached hydrogen (secondary N) is 1. The van der Waals surface area contributed by atoms with Crippen molar-refractivity contribution in [2.75, 3.05) is 20.2 Å². The summed E-state index contributed by atoms with van der Waals surface area (Å²) in [6.07, 6.45) is 2.87. The maximum atomic E-state index is 13.9. The molecule has 116 valence electrons. The Morgan fingerprint density at radius 1 is 1.38 bits per heavy atom. The molecule has 2 unspecified atom stereocenters. The van der Waals surface area contributed by atoms with E-state index in [2.05, 4.69) is 10.3 Å². The number of ether oxygens (including phenoxy) is 1. The molecule has 21 heavy (non-hydrogen) atoms. The first kappa shape index (κ1) is 16.0. The van der Waals surface area contributed by atoms with E-state index in [-0.39, 0.29) is 42.0 Å². The first-order chi connectivity index (χ1) is 9.70. The number of hydrogen-bond acceptors (Lipinski definition) is 4. The van der Waals surface area contributed by atoms with E-state index < -0.39 is 5.82 Å². The van der Waals surface area contributed by atoms with Crippen molar-refractivity contribution in [2.45, 2.75) is 31.3 Å². The molecule has 5 nitrogen and oxygen atoms in total. The van der Waals surface area contributed by atoms with Crippen molar-refractivity contribution >= 4 is 18.3 Å². The summed E-state index contributed by atoms with van der Waals surface area (Å²) in [6, 6.07) is 2.99. The highest BCUT2D eigenvalue weighted by Gasteiger charge is 2.39. The van der Waals surface area contributed by atoms with E-state index in [1.807, 2.05) is 4.90 Å². The molecule has 0 spiro atoms. The molecule has 2 bridgehead atoms. The number of rotatable bonds is 2. The first-order valence-electron chi connectivity index (χ1n) is 6.94. The topological polar surface area (TPSA) is 54.5 Å². The molecule has 1 aromatic rings. The Kier molecular flexibility index (Phi) is 5.00. The van der Waals surface area contributed by atoms with E-state index in [1.54, 1.807) is 0 Å². The molecule has 2 saturated heterocycles. The SMILES string of the molecule is COc1ccc(F)c(C(=O)N2C3CCNCC2CC3)n1.Cl. The lowest BCUT2D eigenvalue weighted by atomic mass is 10.1. The summed E-state index contributed by atoms with van der Waals surface area (Å²) in [7, 11) is 1.45. The van der Waals surface area contributed by atoms with Crippen LogP contribution in [-0.4, -0.2) is 48.1 Å². The standard InChI is InChI=1S/C14H18FN3O2.ClH/c1-20-12-5-4-11(15)13(17-12)14(19)18-9-2-3-10(18)8-16-7-6-9;/h4-5,9-10,16H,2-3,6-8H2,1H3;1H. The van der Waals surface area contributed by atoms with Crippen LogP contribution in [0.4, 0.5) is 4.39 Å². The molecule has 2 aliphatic rings. The van der Waals surface area contributed by atoms with Gasteiger partial charge in [-0.25, -0.2) is 9.37 Å². The summed E-state index contributed by atoms with van der Waals surface area (Å²) in [4.78, 5) is 18.4. The number of carbonyl (C=O) groups excluding carboxylic acids is 1. The van der Waals surface area contributed by atoms with Crippen LogP contribution < -0.4 is 10.1 Å². The van der Waals surface area contributed by atoms with E-state index in [9.17, 15) is 9.18 Å². The molecule has 0 saturated carbocycles. The third-order valence-corrected chi connectivity index (χ3v) is 4.12. The summed E-state index contributed by atoms with van der Waals surface area (Å²) in [6.45, 7) is 1.67. The number of nitrogens with zero attached hydrogens (tertiary/aromatic N) is 2. The minimum Gasteiger partial charge on any atom is -0.481 e. The lowest BCUT2D eigenvalue weighted by Crippen LogP contribution is -2.43. The van der Waals surface area contributed by atoms with Gasteiger partial charge >= 0.3 is 0 Å². The van der Waals surface area contributed by atoms with Gasteiger partial charge in [0.15, 0.2) is 11.5 Å². The fourth-order valence-electron chi connectivity index (χ4n) is 3.12. The second kappa shape index (κ2) is 6.58. The summed E-state index contributed by atoms with van der Waals surface area (Å²) in [5, 5.41) is 3.32. The molecular formula is C14H19ClFN3O2. The molecule has 3 heterocycles. The minimum absolute atomic E-state index is 0. The third-order valence-electron chi connectivity index (χ3n) is 4.12. The quantitative estimate of drug-likeness (QED) is 0.901. The van der Waals surface area contributed by atoms with Gasteiger partial charge in [0.25, 0.3) is 5.91 Å². The van der Waals surface area contributed by atoms with Gasteiger partial charge in [0.1, 0.15) is 0 Å². The van der Waals surface area contributed by atoms with Gasteiger partial charge < -0.3 is 15.0 Å². The van der Waals surface area contributed by atoms with Gasteiger partial charge in [-0.3, -0.25) is 4.79 Å². The van der Waals surface area contributed by atoms with Crippen LogP contribution in [0.25, 0.3) is 0 Å². The summed E-state index contributed by atoms with van der Waals surface area (Å²) >= 11 is 0. The Morgan fingerprint density at radius 3 is 2.90 bits per heavy atom. The molecule has 1 aromatic heterocycles. The third kappa shape index (κ3) is 2.96. The van der Waals surface area contributed by atoms with Crippen molar-refractivity contribution in [3.8, 4) is 5.88 Å². The number of carbonyl (C=O) groups is 1. The number of pyridine rings is 1. The van der Waals surface area contributed by atoms with E-state index in [1.165, 1.54) is 19.2 Å². The molecule has 3 rings (SSSR count). The number of aromatic nitrogens is 1. The molecular weight excluding hydrogens is 297 g/mol. The normalized spacial score (nSPS) is 24.2. The molecule has 2 aliphatic heterocycles. The lowest BCUT2D eigenvalue weighted by Gasteiger charge is -2.27. The second-order valence-electron chi connectivity index (χ2n) is 5.27. The van der Waals surface area contributed by atoms with Gasteiger partial charge in [-0.2, -0.15) is 0 Å². The van der Waals surface area contributed by atoms with E-state index >= 15 is 0 Å². The molecule has 1 N–H and O–H groups in total. The summed E-state index contributed by atoms with van der Waals surface area (Å²) in [5.41, 5.74) is -0.136. The van der Waals surface area contributed by atoms with Crippen LogP contribution in [0.2, 0.25) is 0 Å². The van der Waals surface area contributed by atoms with Crippen LogP contribution >= 0.6 is 12.4 Å². The highest BCUT2D eigenvalue weighted by molar-refractivity contribution is 5.93. The lowest BCUT2D eigenvalue weighted by molar-refractivity contribution is 0.0667. The predicted molar refractivity (Wildman–Crippen MR) is 78.5 cm³/mol. The Labute approximate surface area is 129 Å². The number of amides is 1. The van der Waals surface area contributed by atoms with Crippen LogP contribution in [0.3, 0.4) is 0 Å². The average molecular weight is 316 g/mol. The Morgan fingerprint density at radius 2 is 2.14 bits per heavy atom. The van der Waals surface area contributed by atoms with Gasteiger partial charge in [-0.1, -0.05) is 0 Å². The Hall–Kier alpha value is -1.40. The highest BCUT2D eigenvalue weighted by atomic mass is 35.5. The zero-order chi connectivity index (χ0) is 14.1. The van der Waals surface area contributed by atoms with Gasteiger partial charge in [0.05, 0.1) is 7.11 Å². The maximum Gasteiger partial charge on any atom is 0.276 e. The van der Waals surface area contributed by atoms with E-state index in [0.717, 1.165) is 32.4 Å². The minimum atomic E-state index is -0.590. The van der Waals surface area contributed by atoms with Gasteiger partial charge in [-0.15, -0.1) is 12.4 Å². The van der Waals surface area contributed by atoms with Crippen LogP contribution in [0, 0.1) is 5.82 Å². The highest BCUT2D eigenvalue weighted by Crippen LogP contribution is 2.30. The summed E-state index contributed by atoms with van der Waals surface area (Å²) in [5.74, 6) is -0.653. The zero-order valence-electron chi connectivity index (χ0n) is 11.8. The number of fused-ring (bicyclic) bond motifs is 2. The smallest absolute Gasteiger partial charge is 0.276 e. The number of methoxy groups -OCH3 is 1. The fourth-order valence-corrected chi connectivity index (χ4v) is 3.12. The van der Waals surface area contributed by atoms with Crippen molar-refractivity contribution in [3.63, 3.8) is 0 Å². The number of hydrogen-bond donors (Lipinski definition) is 1. The average Bonchev–Trinajstić information content (AvgIpc) is 2.72. The van der Waals surface area contributed by atoms with Crippen molar-refractivity contribution < 1.29 is 13.9 Å². The first-order valence-corrected chi connectivity index (χ1v) is 6.94. The molecule has 1 amide bonds. The van der Waals surface area contributed by atoms with Crippen LogP contribution in [0.1, 0.15) is 29.8 Å². The van der Waals surface area contributed by atoms with Crippen molar-refractivity contribution in [1.82, 2.24) is 15.2 Å². The van der Waals surface area contributed by atoms with Crippen molar-refractivity contribution in [1.29, 1.82) is 0 Å². The Bertz CT molecular complexity index is 515. The van der Waals surface area contributed by atoms with E-state index in [0.29, 0.717) is 0 Å². The monoisotopic (exact) mass is 315 g/mol. The van der Waals surface area contributed by atoms with Crippen molar-refractivity contribution in [3.05, 3.63) is 23.6 Å². The molecule has 7 heteroatoms. The molecule has 2 fully saturated rings. The van der Waals surface area contributed by atoms with Gasteiger partial charge in [0, 0.05) is 24.7 Å². The fraction of sp³-hybridized carbons (Fsp3) is 0.571. The van der Waals surface area contributed by atoms with Gasteiger partial charge in [0.2, 0.25) is 5.88 Å². The largest absolute Gasteiger partial charge is 0.481 e. The molecule has 0 aliphatic carbocycles. The second-order valence-corrected chi connectivity index (χ2v) is 5.27. The van der Waals surface area contributed by atoms with Crippen LogP contribution in [0.5, 0.6) is 5.88 Å². The van der Waals surface area contributed by atoms with Crippen molar-refractivity contribution in [2.24, 2.45) is 0 Å². The zero-order valence-corrected chi connectivity index (χ0v) is 12.7. The van der Waals surface area contributed by atoms with Crippen LogP contribution in [-0.2, 0) is 0 Å². The molecule has 2 atom stereocenters. The van der Waals surface area contributed by atoms with Crippen LogP contribution in [0.15, 0.2) is 12.1 Å². The number of halogens is 2. The summed E-state index contributed by atoms with van der Waals surface area (Å²) < 4.78 is 18.9. The predicted octanol–water partition coefficient (Wildman–Crippen LogP) is 1.62. The van der Waals surface area contributed by atoms with E-state index in [4.69, 9.17) is 4.74 Å². The molecule has 0 aromatic carbocycles. The molecule has 0 radical (unpaired) electrons. The van der Waals surface area contributed by atoms with Gasteiger partial charge in [-0.05, 0) is 31.9 Å².